The van der Waals surface area contributed by atoms with E-state index in [1.54, 1.807) is 0 Å². The van der Waals surface area contributed by atoms with Crippen molar-refractivity contribution in [3.63, 3.8) is 0 Å². The molecule has 19 heavy (non-hydrogen) atoms. The minimum absolute atomic E-state index is 0.934. The van der Waals surface area contributed by atoms with E-state index < -0.39 is 0 Å². The fraction of sp³-hybridized carbons (Fsp3) is 0.438. The Bertz CT molecular complexity index is 529. The first-order chi connectivity index (χ1) is 9.24. The molecule has 0 radical (unpaired) electrons. The lowest BCUT2D eigenvalue weighted by atomic mass is 10.0. The SMILES string of the molecule is CCCNCc1cccc(-c2cn(C)nc2CC)c1. The normalized spacial score (nSPS) is 10.9. The molecule has 2 rings (SSSR count). The topological polar surface area (TPSA) is 29.9 Å². The molecule has 0 atom stereocenters. The van der Waals surface area contributed by atoms with Crippen LogP contribution in [0, 0.1) is 0 Å². The second-order valence-corrected chi connectivity index (χ2v) is 4.89. The zero-order chi connectivity index (χ0) is 13.7. The van der Waals surface area contributed by atoms with Gasteiger partial charge in [0, 0.05) is 25.4 Å². The van der Waals surface area contributed by atoms with E-state index in [0.29, 0.717) is 0 Å². The van der Waals surface area contributed by atoms with E-state index in [2.05, 4.69) is 54.7 Å². The van der Waals surface area contributed by atoms with Crippen molar-refractivity contribution in [1.29, 1.82) is 0 Å². The van der Waals surface area contributed by atoms with Crippen LogP contribution < -0.4 is 5.32 Å². The molecule has 3 heteroatoms. The molecule has 3 nitrogen and oxygen atoms in total. The van der Waals surface area contributed by atoms with Crippen molar-refractivity contribution in [2.75, 3.05) is 6.54 Å². The van der Waals surface area contributed by atoms with Gasteiger partial charge >= 0.3 is 0 Å². The van der Waals surface area contributed by atoms with E-state index in [1.807, 2.05) is 11.7 Å². The van der Waals surface area contributed by atoms with Crippen molar-refractivity contribution in [3.05, 3.63) is 41.7 Å². The molecule has 0 saturated carbocycles. The van der Waals surface area contributed by atoms with Crippen LogP contribution in [0.5, 0.6) is 0 Å². The van der Waals surface area contributed by atoms with Crippen molar-refractivity contribution in [3.8, 4) is 11.1 Å². The van der Waals surface area contributed by atoms with Crippen LogP contribution in [-0.4, -0.2) is 16.3 Å². The first kappa shape index (κ1) is 13.8. The number of rotatable bonds is 6. The molecule has 1 aromatic carbocycles. The quantitative estimate of drug-likeness (QED) is 0.806. The summed E-state index contributed by atoms with van der Waals surface area (Å²) in [6, 6.07) is 8.73. The molecule has 0 saturated heterocycles. The number of nitrogens with one attached hydrogen (secondary N) is 1. The standard InChI is InChI=1S/C16H23N3/c1-4-9-17-11-13-7-6-8-14(10-13)15-12-19(3)18-16(15)5-2/h6-8,10,12,17H,4-5,9,11H2,1-3H3. The molecule has 0 amide bonds. The number of benzene rings is 1. The Labute approximate surface area is 115 Å². The Hall–Kier alpha value is -1.61. The molecule has 102 valence electrons. The Morgan fingerprint density at radius 1 is 1.26 bits per heavy atom. The predicted molar refractivity (Wildman–Crippen MR) is 80.0 cm³/mol. The zero-order valence-corrected chi connectivity index (χ0v) is 12.1. The molecule has 0 aliphatic rings. The molecule has 0 bridgehead atoms. The Kier molecular flexibility index (Phi) is 4.74. The van der Waals surface area contributed by atoms with Gasteiger partial charge in [-0.05, 0) is 36.6 Å². The summed E-state index contributed by atoms with van der Waals surface area (Å²) in [6.45, 7) is 6.34. The zero-order valence-electron chi connectivity index (χ0n) is 12.1. The fourth-order valence-corrected chi connectivity index (χ4v) is 2.30. The molecule has 1 heterocycles. The molecular weight excluding hydrogens is 234 g/mol. The summed E-state index contributed by atoms with van der Waals surface area (Å²) in [5, 5.41) is 7.95. The molecular formula is C16H23N3. The van der Waals surface area contributed by atoms with Crippen LogP contribution in [0.15, 0.2) is 30.5 Å². The van der Waals surface area contributed by atoms with E-state index in [1.165, 1.54) is 28.8 Å². The first-order valence-corrected chi connectivity index (χ1v) is 7.07. The minimum atomic E-state index is 0.934. The van der Waals surface area contributed by atoms with Gasteiger partial charge in [0.1, 0.15) is 0 Å². The van der Waals surface area contributed by atoms with Crippen LogP contribution in [0.25, 0.3) is 11.1 Å². The van der Waals surface area contributed by atoms with Crippen molar-refractivity contribution < 1.29 is 0 Å². The third kappa shape index (κ3) is 3.44. The Balaban J connectivity index is 2.22. The van der Waals surface area contributed by atoms with Gasteiger partial charge < -0.3 is 5.32 Å². The highest BCUT2D eigenvalue weighted by Gasteiger charge is 2.08. The van der Waals surface area contributed by atoms with Crippen molar-refractivity contribution in [2.45, 2.75) is 33.2 Å². The van der Waals surface area contributed by atoms with E-state index >= 15 is 0 Å². The number of nitrogens with zero attached hydrogens (tertiary/aromatic N) is 2. The summed E-state index contributed by atoms with van der Waals surface area (Å²) in [7, 11) is 1.98. The molecule has 0 spiro atoms. The lowest BCUT2D eigenvalue weighted by molar-refractivity contribution is 0.675. The second kappa shape index (κ2) is 6.53. The van der Waals surface area contributed by atoms with E-state index in [-0.39, 0.29) is 0 Å². The van der Waals surface area contributed by atoms with Crippen molar-refractivity contribution in [1.82, 2.24) is 15.1 Å². The third-order valence-corrected chi connectivity index (χ3v) is 3.23. The summed E-state index contributed by atoms with van der Waals surface area (Å²) in [5.41, 5.74) is 5.01. The van der Waals surface area contributed by atoms with Crippen molar-refractivity contribution >= 4 is 0 Å². The lowest BCUT2D eigenvalue weighted by Gasteiger charge is -2.06. The maximum atomic E-state index is 4.51. The summed E-state index contributed by atoms with van der Waals surface area (Å²) in [5.74, 6) is 0. The Morgan fingerprint density at radius 3 is 2.84 bits per heavy atom. The molecule has 0 unspecified atom stereocenters. The average Bonchev–Trinajstić information content (AvgIpc) is 2.81. The maximum absolute atomic E-state index is 4.51. The lowest BCUT2D eigenvalue weighted by Crippen LogP contribution is -2.13. The number of hydrogen-bond donors (Lipinski definition) is 1. The smallest absolute Gasteiger partial charge is 0.0700 e. The van der Waals surface area contributed by atoms with Gasteiger partial charge in [-0.1, -0.05) is 32.0 Å². The first-order valence-electron chi connectivity index (χ1n) is 7.07. The monoisotopic (exact) mass is 257 g/mol. The van der Waals surface area contributed by atoms with Gasteiger partial charge in [0.25, 0.3) is 0 Å². The predicted octanol–water partition coefficient (Wildman–Crippen LogP) is 3.15. The third-order valence-electron chi connectivity index (χ3n) is 3.23. The van der Waals surface area contributed by atoms with Gasteiger partial charge in [-0.2, -0.15) is 5.10 Å². The number of aromatic nitrogens is 2. The minimum Gasteiger partial charge on any atom is -0.313 e. The summed E-state index contributed by atoms with van der Waals surface area (Å²) < 4.78 is 1.90. The van der Waals surface area contributed by atoms with Crippen LogP contribution in [0.2, 0.25) is 0 Å². The maximum Gasteiger partial charge on any atom is 0.0700 e. The van der Waals surface area contributed by atoms with Crippen LogP contribution >= 0.6 is 0 Å². The van der Waals surface area contributed by atoms with Gasteiger partial charge in [-0.3, -0.25) is 4.68 Å². The van der Waals surface area contributed by atoms with Crippen LogP contribution in [0.3, 0.4) is 0 Å². The Morgan fingerprint density at radius 2 is 2.11 bits per heavy atom. The van der Waals surface area contributed by atoms with Gasteiger partial charge in [0.05, 0.1) is 5.69 Å². The fourth-order valence-electron chi connectivity index (χ4n) is 2.30. The highest BCUT2D eigenvalue weighted by molar-refractivity contribution is 5.66. The van der Waals surface area contributed by atoms with E-state index in [4.69, 9.17) is 0 Å². The number of aryl methyl sites for hydroxylation is 2. The van der Waals surface area contributed by atoms with E-state index in [0.717, 1.165) is 19.5 Å². The highest BCUT2D eigenvalue weighted by atomic mass is 15.2. The molecule has 0 fully saturated rings. The summed E-state index contributed by atoms with van der Waals surface area (Å²) in [6.07, 6.45) is 4.24. The van der Waals surface area contributed by atoms with Gasteiger partial charge in [-0.25, -0.2) is 0 Å². The summed E-state index contributed by atoms with van der Waals surface area (Å²) in [4.78, 5) is 0. The second-order valence-electron chi connectivity index (χ2n) is 4.89. The van der Waals surface area contributed by atoms with Gasteiger partial charge in [-0.15, -0.1) is 0 Å². The highest BCUT2D eigenvalue weighted by Crippen LogP contribution is 2.24. The van der Waals surface area contributed by atoms with Crippen molar-refractivity contribution in [2.24, 2.45) is 7.05 Å². The van der Waals surface area contributed by atoms with Gasteiger partial charge in [0.15, 0.2) is 0 Å². The summed E-state index contributed by atoms with van der Waals surface area (Å²) >= 11 is 0. The molecule has 1 aromatic heterocycles. The molecule has 2 aromatic rings. The molecule has 1 N–H and O–H groups in total. The largest absolute Gasteiger partial charge is 0.313 e. The van der Waals surface area contributed by atoms with Gasteiger partial charge in [0.2, 0.25) is 0 Å². The van der Waals surface area contributed by atoms with E-state index in [9.17, 15) is 0 Å². The van der Waals surface area contributed by atoms with Crippen LogP contribution in [0.4, 0.5) is 0 Å². The van der Waals surface area contributed by atoms with Crippen LogP contribution in [-0.2, 0) is 20.0 Å². The number of hydrogen-bond acceptors (Lipinski definition) is 2. The molecule has 0 aliphatic heterocycles. The van der Waals surface area contributed by atoms with Crippen LogP contribution in [0.1, 0.15) is 31.5 Å². The average molecular weight is 257 g/mol. The molecule has 0 aliphatic carbocycles.